The number of carbonyl (C=O) groups is 6. The maximum absolute atomic E-state index is 14.6. The second-order valence-corrected chi connectivity index (χ2v) is 19.3. The molecule has 0 amide bonds. The third-order valence-corrected chi connectivity index (χ3v) is 15.8. The first kappa shape index (κ1) is 45.6. The van der Waals surface area contributed by atoms with E-state index in [-0.39, 0.29) is 48.1 Å². The maximum atomic E-state index is 14.6. The van der Waals surface area contributed by atoms with Crippen molar-refractivity contribution in [1.29, 1.82) is 0 Å². The SMILES string of the molecule is CC(=O)OC[C@H]1OC(OC2CCC3(C)C(CCC4(C)C3CCC3C(=O)C(CO)(C(=O)OCc5ccccc5)CCC34C)C2(C)C)[C@H](OC(C)=O)[C@@H](OC(C)=O)[C@@H]1OC(C)=O. The Morgan fingerprint density at radius 2 is 1.33 bits per heavy atom. The van der Waals surface area contributed by atoms with Gasteiger partial charge < -0.3 is 38.3 Å². The fourth-order valence-electron chi connectivity index (χ4n) is 12.7. The number of ketones is 1. The largest absolute Gasteiger partial charge is 0.463 e. The van der Waals surface area contributed by atoms with Crippen LogP contribution in [0.15, 0.2) is 30.3 Å². The van der Waals surface area contributed by atoms with E-state index in [1.165, 1.54) is 27.7 Å². The third kappa shape index (κ3) is 8.00. The second-order valence-electron chi connectivity index (χ2n) is 19.3. The van der Waals surface area contributed by atoms with Crippen LogP contribution in [0, 0.1) is 44.8 Å². The van der Waals surface area contributed by atoms with Crippen LogP contribution >= 0.6 is 0 Å². The molecule has 4 saturated carbocycles. The first-order valence-electron chi connectivity index (χ1n) is 21.5. The van der Waals surface area contributed by atoms with Gasteiger partial charge in [-0.3, -0.25) is 28.8 Å². The fourth-order valence-corrected chi connectivity index (χ4v) is 12.7. The Kier molecular flexibility index (Phi) is 13.0. The molecular formula is C46H64O14. The second kappa shape index (κ2) is 17.1. The van der Waals surface area contributed by atoms with Gasteiger partial charge in [0, 0.05) is 33.6 Å². The molecule has 14 nitrogen and oxygen atoms in total. The van der Waals surface area contributed by atoms with Gasteiger partial charge in [-0.1, -0.05) is 65.0 Å². The zero-order chi connectivity index (χ0) is 44.0. The van der Waals surface area contributed by atoms with Gasteiger partial charge in [-0.2, -0.15) is 0 Å². The summed E-state index contributed by atoms with van der Waals surface area (Å²) in [7, 11) is 0. The first-order valence-corrected chi connectivity index (χ1v) is 21.5. The highest BCUT2D eigenvalue weighted by atomic mass is 16.7. The molecule has 1 N–H and O–H groups in total. The number of hydrogen-bond donors (Lipinski definition) is 1. The van der Waals surface area contributed by atoms with E-state index in [9.17, 15) is 33.9 Å². The summed E-state index contributed by atoms with van der Waals surface area (Å²) >= 11 is 0. The van der Waals surface area contributed by atoms with Gasteiger partial charge in [0.15, 0.2) is 30.4 Å². The van der Waals surface area contributed by atoms with Crippen molar-refractivity contribution in [1.82, 2.24) is 0 Å². The predicted octanol–water partition coefficient (Wildman–Crippen LogP) is 5.81. The zero-order valence-corrected chi connectivity index (χ0v) is 36.6. The molecule has 0 bridgehead atoms. The predicted molar refractivity (Wildman–Crippen MR) is 213 cm³/mol. The van der Waals surface area contributed by atoms with Crippen LogP contribution in [0.25, 0.3) is 0 Å². The van der Waals surface area contributed by atoms with Crippen LogP contribution in [0.3, 0.4) is 0 Å². The van der Waals surface area contributed by atoms with E-state index >= 15 is 0 Å². The molecule has 9 unspecified atom stereocenters. The van der Waals surface area contributed by atoms with Crippen molar-refractivity contribution in [3.8, 4) is 0 Å². The Labute approximate surface area is 353 Å². The number of Topliss-reactive ketones (excluding diaryl/α,β-unsaturated/α-hetero) is 1. The minimum absolute atomic E-state index is 0.0321. The van der Waals surface area contributed by atoms with Crippen LogP contribution in [0.4, 0.5) is 0 Å². The molecule has 0 radical (unpaired) electrons. The normalized spacial score (nSPS) is 39.4. The van der Waals surface area contributed by atoms with Gasteiger partial charge in [0.1, 0.15) is 24.7 Å². The number of ether oxygens (including phenoxy) is 7. The summed E-state index contributed by atoms with van der Waals surface area (Å²) in [6.07, 6.45) is -1.42. The van der Waals surface area contributed by atoms with Crippen molar-refractivity contribution in [2.75, 3.05) is 13.2 Å². The molecule has 1 saturated heterocycles. The molecule has 0 aromatic heterocycles. The Morgan fingerprint density at radius 3 is 1.95 bits per heavy atom. The van der Waals surface area contributed by atoms with E-state index in [1.54, 1.807) is 0 Å². The number of hydrogen-bond acceptors (Lipinski definition) is 14. The molecule has 1 heterocycles. The Bertz CT molecular complexity index is 1810. The molecule has 5 aliphatic rings. The molecule has 4 aliphatic carbocycles. The first-order chi connectivity index (χ1) is 28.1. The minimum atomic E-state index is -1.59. The highest BCUT2D eigenvalue weighted by Crippen LogP contribution is 2.74. The monoisotopic (exact) mass is 840 g/mol. The van der Waals surface area contributed by atoms with Gasteiger partial charge in [0.25, 0.3) is 0 Å². The molecule has 1 aliphatic heterocycles. The van der Waals surface area contributed by atoms with Crippen molar-refractivity contribution >= 4 is 35.6 Å². The van der Waals surface area contributed by atoms with E-state index in [2.05, 4.69) is 34.6 Å². The van der Waals surface area contributed by atoms with Crippen LogP contribution in [-0.4, -0.2) is 90.8 Å². The molecule has 6 rings (SSSR count). The van der Waals surface area contributed by atoms with Gasteiger partial charge in [0.05, 0.1) is 12.7 Å². The van der Waals surface area contributed by atoms with Gasteiger partial charge >= 0.3 is 29.8 Å². The zero-order valence-electron chi connectivity index (χ0n) is 36.6. The van der Waals surface area contributed by atoms with Crippen LogP contribution in [0.5, 0.6) is 0 Å². The summed E-state index contributed by atoms with van der Waals surface area (Å²) in [5.74, 6) is -3.57. The standard InChI is InChI=1S/C46H64O14/c1-26(48)54-24-32-36(56-27(2)49)37(57-28(3)50)38(58-29(4)51)40(59-32)60-35-18-19-43(7)33(42(35,5)6)17-20-45(9)34(43)16-15-31-39(52)46(25-47,22-21-44(31,45)8)41(53)55-23-30-13-11-10-12-14-30/h10-14,31-38,40,47H,15-25H2,1-9H3/t31?,32-,33?,34?,35?,36-,37+,38-,40?,43?,44?,45?,46?/m1/s1. The highest BCUT2D eigenvalue weighted by Gasteiger charge is 2.71. The number of rotatable bonds is 11. The molecule has 14 heteroatoms. The summed E-state index contributed by atoms with van der Waals surface area (Å²) in [6.45, 7) is 15.2. The number of carbonyl (C=O) groups excluding carboxylic acids is 6. The lowest BCUT2D eigenvalue weighted by atomic mass is 9.33. The van der Waals surface area contributed by atoms with E-state index in [4.69, 9.17) is 33.2 Å². The number of aliphatic hydroxyl groups excluding tert-OH is 1. The smallest absolute Gasteiger partial charge is 0.322 e. The lowest BCUT2D eigenvalue weighted by Crippen LogP contribution is -2.68. The van der Waals surface area contributed by atoms with Crippen molar-refractivity contribution in [3.05, 3.63) is 35.9 Å². The summed E-state index contributed by atoms with van der Waals surface area (Å²) < 4.78 is 41.2. The highest BCUT2D eigenvalue weighted by molar-refractivity contribution is 6.06. The molecule has 13 atom stereocenters. The maximum Gasteiger partial charge on any atom is 0.322 e. The van der Waals surface area contributed by atoms with E-state index in [0.29, 0.717) is 19.3 Å². The van der Waals surface area contributed by atoms with E-state index in [0.717, 1.165) is 31.2 Å². The number of benzene rings is 1. The van der Waals surface area contributed by atoms with E-state index in [1.807, 2.05) is 30.3 Å². The Hall–Kier alpha value is -3.88. The van der Waals surface area contributed by atoms with Crippen LogP contribution in [0.1, 0.15) is 119 Å². The number of fused-ring (bicyclic) bond motifs is 5. The summed E-state index contributed by atoms with van der Waals surface area (Å²) in [5, 5.41) is 10.7. The van der Waals surface area contributed by atoms with Gasteiger partial charge in [0.2, 0.25) is 0 Å². The number of esters is 5. The molecular weight excluding hydrogens is 776 g/mol. The molecule has 1 aromatic rings. The third-order valence-electron chi connectivity index (χ3n) is 15.8. The van der Waals surface area contributed by atoms with Crippen LogP contribution < -0.4 is 0 Å². The van der Waals surface area contributed by atoms with Crippen molar-refractivity contribution in [2.24, 2.45) is 44.8 Å². The molecule has 60 heavy (non-hydrogen) atoms. The molecule has 5 fully saturated rings. The fraction of sp³-hybridized carbons (Fsp3) is 0.739. The molecule has 0 spiro atoms. The summed E-state index contributed by atoms with van der Waals surface area (Å²) in [4.78, 5) is 77.5. The average Bonchev–Trinajstić information content (AvgIpc) is 3.17. The van der Waals surface area contributed by atoms with Gasteiger partial charge in [-0.15, -0.1) is 0 Å². The summed E-state index contributed by atoms with van der Waals surface area (Å²) in [5.41, 5.74) is -2.04. The minimum Gasteiger partial charge on any atom is -0.463 e. The average molecular weight is 841 g/mol. The van der Waals surface area contributed by atoms with Gasteiger partial charge in [-0.05, 0) is 90.4 Å². The van der Waals surface area contributed by atoms with Crippen LogP contribution in [0.2, 0.25) is 0 Å². The quantitative estimate of drug-likeness (QED) is 0.122. The van der Waals surface area contributed by atoms with Gasteiger partial charge in [-0.25, -0.2) is 0 Å². The number of aliphatic hydroxyl groups is 1. The topological polar surface area (TPSA) is 187 Å². The van der Waals surface area contributed by atoms with Crippen molar-refractivity contribution in [2.45, 2.75) is 157 Å². The Morgan fingerprint density at radius 1 is 0.700 bits per heavy atom. The lowest BCUT2D eigenvalue weighted by molar-refractivity contribution is -0.334. The Balaban J connectivity index is 1.24. The van der Waals surface area contributed by atoms with Crippen molar-refractivity contribution < 1.29 is 67.0 Å². The summed E-state index contributed by atoms with van der Waals surface area (Å²) in [6, 6.07) is 9.31. The lowest BCUT2D eigenvalue weighted by Gasteiger charge is -2.71. The van der Waals surface area contributed by atoms with Crippen molar-refractivity contribution in [3.63, 3.8) is 0 Å². The molecule has 1 aromatic carbocycles. The molecule has 332 valence electrons. The van der Waals surface area contributed by atoms with Crippen LogP contribution in [-0.2, 0) is 68.5 Å². The van der Waals surface area contributed by atoms with E-state index < -0.39 is 95.4 Å².